The first-order chi connectivity index (χ1) is 15.0. The molecule has 0 aromatic heterocycles. The lowest BCUT2D eigenvalue weighted by Crippen LogP contribution is -2.50. The zero-order valence-electron chi connectivity index (χ0n) is 17.1. The molecule has 1 saturated heterocycles. The maximum Gasteiger partial charge on any atom is 0.338 e. The molecule has 4 rings (SSSR count). The number of anilines is 1. The minimum atomic E-state index is -0.291. The van der Waals surface area contributed by atoms with Gasteiger partial charge in [-0.2, -0.15) is 0 Å². The lowest BCUT2D eigenvalue weighted by Gasteiger charge is -2.39. The predicted molar refractivity (Wildman–Crippen MR) is 124 cm³/mol. The third-order valence-electron chi connectivity index (χ3n) is 5.44. The van der Waals surface area contributed by atoms with E-state index in [9.17, 15) is 9.59 Å². The molecule has 2 aliphatic rings. The van der Waals surface area contributed by atoms with Gasteiger partial charge in [0, 0.05) is 24.0 Å². The van der Waals surface area contributed by atoms with E-state index in [1.165, 1.54) is 0 Å². The van der Waals surface area contributed by atoms with E-state index in [0.29, 0.717) is 22.8 Å². The van der Waals surface area contributed by atoms with Gasteiger partial charge in [-0.25, -0.2) is 9.80 Å². The average Bonchev–Trinajstić information content (AvgIpc) is 3.19. The van der Waals surface area contributed by atoms with Crippen LogP contribution in [0.4, 0.5) is 5.69 Å². The highest BCUT2D eigenvalue weighted by Crippen LogP contribution is 2.40. The first-order valence-corrected chi connectivity index (χ1v) is 11.9. The van der Waals surface area contributed by atoms with E-state index in [1.54, 1.807) is 36.9 Å². The number of halogens is 2. The molecule has 31 heavy (non-hydrogen) atoms. The maximum absolute atomic E-state index is 12.6. The van der Waals surface area contributed by atoms with Crippen LogP contribution < -0.4 is 10.3 Å². The van der Waals surface area contributed by atoms with Gasteiger partial charge in [-0.1, -0.05) is 29.3 Å². The van der Waals surface area contributed by atoms with Crippen molar-refractivity contribution in [2.75, 3.05) is 30.6 Å². The van der Waals surface area contributed by atoms with Crippen molar-refractivity contribution in [1.29, 1.82) is 0 Å². The van der Waals surface area contributed by atoms with E-state index in [2.05, 4.69) is 15.3 Å². The largest absolute Gasteiger partial charge is 0.462 e. The highest BCUT2D eigenvalue weighted by Gasteiger charge is 2.30. The molecule has 0 unspecified atom stereocenters. The summed E-state index contributed by atoms with van der Waals surface area (Å²) in [5, 5.41) is 8.30. The van der Waals surface area contributed by atoms with Crippen LogP contribution in [0.3, 0.4) is 0 Å². The van der Waals surface area contributed by atoms with Gasteiger partial charge in [-0.05, 0) is 50.1 Å². The summed E-state index contributed by atoms with van der Waals surface area (Å²) in [7, 11) is 0. The van der Waals surface area contributed by atoms with Crippen molar-refractivity contribution in [1.82, 2.24) is 10.3 Å². The summed E-state index contributed by atoms with van der Waals surface area (Å²) in [6, 6.07) is 10.9. The molecule has 2 aliphatic heterocycles. The number of nitrogens with one attached hydrogen (secondary N) is 1. The molecule has 9 heteroatoms. The summed E-state index contributed by atoms with van der Waals surface area (Å²) < 4.78 is 5.10. The number of esters is 1. The quantitative estimate of drug-likeness (QED) is 0.618. The molecule has 6 nitrogen and oxygen atoms in total. The normalized spacial score (nSPS) is 16.8. The molecule has 2 heterocycles. The van der Waals surface area contributed by atoms with Gasteiger partial charge in [-0.3, -0.25) is 9.80 Å². The number of thioether (sulfide) groups is 1. The van der Waals surface area contributed by atoms with Gasteiger partial charge in [0.25, 0.3) is 5.91 Å². The van der Waals surface area contributed by atoms with E-state index in [-0.39, 0.29) is 22.9 Å². The number of hydrogen-bond acceptors (Lipinski definition) is 6. The fourth-order valence-corrected chi connectivity index (χ4v) is 5.29. The summed E-state index contributed by atoms with van der Waals surface area (Å²) in [5.74, 6) is 0.316. The lowest BCUT2D eigenvalue weighted by molar-refractivity contribution is 0.0526. The second kappa shape index (κ2) is 9.69. The van der Waals surface area contributed by atoms with E-state index >= 15 is 0 Å². The monoisotopic (exact) mass is 479 g/mol. The highest BCUT2D eigenvalue weighted by molar-refractivity contribution is 7.99. The Kier molecular flexibility index (Phi) is 6.96. The van der Waals surface area contributed by atoms with Gasteiger partial charge in [0.2, 0.25) is 0 Å². The van der Waals surface area contributed by atoms with Crippen LogP contribution in [0.25, 0.3) is 0 Å². The Hall–Kier alpha value is -1.93. The van der Waals surface area contributed by atoms with Crippen LogP contribution >= 0.6 is 35.0 Å². The molecule has 0 atom stereocenters. The summed E-state index contributed by atoms with van der Waals surface area (Å²) in [4.78, 5) is 25.7. The Morgan fingerprint density at radius 1 is 1.19 bits per heavy atom. The number of fused-ring (bicyclic) bond motifs is 1. The fraction of sp³-hybridized carbons (Fsp3) is 0.364. The van der Waals surface area contributed by atoms with Crippen LogP contribution in [0.15, 0.2) is 41.3 Å². The van der Waals surface area contributed by atoms with Gasteiger partial charge >= 0.3 is 5.97 Å². The maximum atomic E-state index is 12.6. The van der Waals surface area contributed by atoms with Gasteiger partial charge < -0.3 is 10.1 Å². The van der Waals surface area contributed by atoms with Crippen molar-refractivity contribution >= 4 is 52.5 Å². The predicted octanol–water partition coefficient (Wildman–Crippen LogP) is 4.85. The molecule has 0 aliphatic carbocycles. The Labute approximate surface area is 195 Å². The summed E-state index contributed by atoms with van der Waals surface area (Å²) >= 11 is 13.9. The molecule has 0 bridgehead atoms. The first kappa shape index (κ1) is 22.3. The van der Waals surface area contributed by atoms with Gasteiger partial charge in [0.05, 0.1) is 39.3 Å². The average molecular weight is 480 g/mol. The molecule has 0 saturated carbocycles. The third-order valence-corrected chi connectivity index (χ3v) is 7.27. The van der Waals surface area contributed by atoms with Crippen LogP contribution in [0.5, 0.6) is 0 Å². The number of nitrogens with zero attached hydrogens (tertiary/aromatic N) is 2. The number of carbonyl (C=O) groups excluding carboxylic acids is 2. The summed E-state index contributed by atoms with van der Waals surface area (Å²) in [6.45, 7) is 3.82. The minimum Gasteiger partial charge on any atom is -0.462 e. The molecule has 0 spiro atoms. The molecular formula is C22H23Cl2N3O3S. The van der Waals surface area contributed by atoms with Crippen LogP contribution in [0, 0.1) is 0 Å². The Morgan fingerprint density at radius 3 is 2.71 bits per heavy atom. The van der Waals surface area contributed by atoms with E-state index in [4.69, 9.17) is 27.9 Å². The molecule has 1 N–H and O–H groups in total. The summed E-state index contributed by atoms with van der Waals surface area (Å²) in [6.07, 6.45) is 1.67. The number of benzene rings is 2. The third kappa shape index (κ3) is 4.80. The van der Waals surface area contributed by atoms with Crippen molar-refractivity contribution in [2.24, 2.45) is 0 Å². The van der Waals surface area contributed by atoms with Crippen LogP contribution in [0.2, 0.25) is 10.0 Å². The Morgan fingerprint density at radius 2 is 1.97 bits per heavy atom. The van der Waals surface area contributed by atoms with Crippen LogP contribution in [0.1, 0.15) is 40.5 Å². The molecule has 2 aromatic carbocycles. The standard InChI is InChI=1S/C22H23Cl2N3O3S/c1-2-30-22(29)14-6-7-18-19(12-14)31-13-27(18)26-10-8-15(9-11-26)25-21(28)16-4-3-5-17(23)20(16)24/h3-7,12,15H,2,8-11,13H2,1H3,(H,25,28). The molecule has 1 fully saturated rings. The first-order valence-electron chi connectivity index (χ1n) is 10.2. The Balaban J connectivity index is 1.35. The zero-order valence-corrected chi connectivity index (χ0v) is 19.4. The molecular weight excluding hydrogens is 457 g/mol. The molecule has 1 amide bonds. The van der Waals surface area contributed by atoms with Crippen LogP contribution in [-0.4, -0.2) is 48.5 Å². The van der Waals surface area contributed by atoms with Crippen molar-refractivity contribution in [2.45, 2.75) is 30.7 Å². The van der Waals surface area contributed by atoms with Gasteiger partial charge in [0.15, 0.2) is 0 Å². The number of piperidine rings is 1. The van der Waals surface area contributed by atoms with Crippen molar-refractivity contribution < 1.29 is 14.3 Å². The zero-order chi connectivity index (χ0) is 22.0. The number of amides is 1. The number of ether oxygens (including phenoxy) is 1. The van der Waals surface area contributed by atoms with Crippen molar-refractivity contribution in [3.8, 4) is 0 Å². The smallest absolute Gasteiger partial charge is 0.338 e. The number of hydrazine groups is 1. The van der Waals surface area contributed by atoms with E-state index < -0.39 is 0 Å². The molecule has 0 radical (unpaired) electrons. The van der Waals surface area contributed by atoms with Crippen LogP contribution in [-0.2, 0) is 4.74 Å². The second-order valence-electron chi connectivity index (χ2n) is 7.38. The number of hydrogen-bond donors (Lipinski definition) is 1. The van der Waals surface area contributed by atoms with Gasteiger partial charge in [-0.15, -0.1) is 11.8 Å². The lowest BCUT2D eigenvalue weighted by atomic mass is 10.1. The number of rotatable bonds is 5. The summed E-state index contributed by atoms with van der Waals surface area (Å²) in [5.41, 5.74) is 2.08. The fourth-order valence-electron chi connectivity index (χ4n) is 3.81. The Bertz CT molecular complexity index is 996. The van der Waals surface area contributed by atoms with Gasteiger partial charge in [0.1, 0.15) is 0 Å². The molecule has 2 aromatic rings. The van der Waals surface area contributed by atoms with Crippen molar-refractivity contribution in [3.63, 3.8) is 0 Å². The van der Waals surface area contributed by atoms with E-state index in [1.807, 2.05) is 18.2 Å². The topological polar surface area (TPSA) is 61.9 Å². The SMILES string of the molecule is CCOC(=O)c1ccc2c(c1)SCN2N1CCC(NC(=O)c2cccc(Cl)c2Cl)CC1. The minimum absolute atomic E-state index is 0.0831. The highest BCUT2D eigenvalue weighted by atomic mass is 35.5. The van der Waals surface area contributed by atoms with E-state index in [0.717, 1.165) is 42.4 Å². The second-order valence-corrected chi connectivity index (χ2v) is 9.15. The van der Waals surface area contributed by atoms with Crippen molar-refractivity contribution in [3.05, 3.63) is 57.6 Å². The molecule has 164 valence electrons. The number of carbonyl (C=O) groups is 2.